The van der Waals surface area contributed by atoms with Gasteiger partial charge in [-0.05, 0) is 37.1 Å². The van der Waals surface area contributed by atoms with Gasteiger partial charge in [-0.1, -0.05) is 17.7 Å². The number of pyridine rings is 1. The summed E-state index contributed by atoms with van der Waals surface area (Å²) in [6, 6.07) is 7.97. The number of hydrogen-bond donors (Lipinski definition) is 1. The zero-order valence-corrected chi connectivity index (χ0v) is 12.0. The first-order chi connectivity index (χ1) is 9.22. The van der Waals surface area contributed by atoms with E-state index in [1.807, 2.05) is 31.3 Å². The van der Waals surface area contributed by atoms with E-state index >= 15 is 0 Å². The van der Waals surface area contributed by atoms with Gasteiger partial charge in [0.15, 0.2) is 5.65 Å². The van der Waals surface area contributed by atoms with Gasteiger partial charge < -0.3 is 5.32 Å². The molecule has 1 N–H and O–H groups in total. The molecule has 3 aromatic heterocycles. The second-order valence-electron chi connectivity index (χ2n) is 4.28. The van der Waals surface area contributed by atoms with Crippen molar-refractivity contribution in [1.29, 1.82) is 0 Å². The van der Waals surface area contributed by atoms with Gasteiger partial charge >= 0.3 is 0 Å². The molecule has 3 heterocycles. The Bertz CT molecular complexity index is 704. The molecule has 19 heavy (non-hydrogen) atoms. The number of thiophene rings is 1. The number of fused-ring (bicyclic) bond motifs is 1. The molecule has 98 valence electrons. The van der Waals surface area contributed by atoms with Gasteiger partial charge in [0.2, 0.25) is 5.95 Å². The van der Waals surface area contributed by atoms with Crippen LogP contribution in [0.3, 0.4) is 0 Å². The van der Waals surface area contributed by atoms with Crippen LogP contribution in [0.2, 0.25) is 4.34 Å². The average Bonchev–Trinajstić information content (AvgIpc) is 2.97. The van der Waals surface area contributed by atoms with Crippen LogP contribution in [-0.4, -0.2) is 21.1 Å². The first kappa shape index (κ1) is 12.4. The Kier molecular flexibility index (Phi) is 3.40. The van der Waals surface area contributed by atoms with Gasteiger partial charge in [-0.2, -0.15) is 4.98 Å². The topological polar surface area (TPSA) is 42.2 Å². The molecule has 4 nitrogen and oxygen atoms in total. The number of nitrogens with zero attached hydrogens (tertiary/aromatic N) is 3. The van der Waals surface area contributed by atoms with E-state index in [0.717, 1.165) is 28.5 Å². The molecule has 0 aromatic carbocycles. The summed E-state index contributed by atoms with van der Waals surface area (Å²) in [7, 11) is 0. The zero-order valence-electron chi connectivity index (χ0n) is 10.4. The maximum atomic E-state index is 5.90. The Morgan fingerprint density at radius 3 is 3.00 bits per heavy atom. The molecule has 0 bridgehead atoms. The van der Waals surface area contributed by atoms with Crippen LogP contribution in [-0.2, 0) is 6.42 Å². The number of rotatable bonds is 4. The SMILES string of the molecule is Cc1cccn2nc(NCCc3ccc(Cl)s3)nc12. The fourth-order valence-corrected chi connectivity index (χ4v) is 2.99. The van der Waals surface area contributed by atoms with Crippen molar-refractivity contribution < 1.29 is 0 Å². The number of anilines is 1. The minimum absolute atomic E-state index is 0.664. The number of halogens is 1. The first-order valence-corrected chi connectivity index (χ1v) is 7.22. The van der Waals surface area contributed by atoms with E-state index in [-0.39, 0.29) is 0 Å². The fourth-order valence-electron chi connectivity index (χ4n) is 1.90. The Hall–Kier alpha value is -1.59. The lowest BCUT2D eigenvalue weighted by Crippen LogP contribution is -2.05. The molecule has 0 saturated carbocycles. The third-order valence-electron chi connectivity index (χ3n) is 2.84. The van der Waals surface area contributed by atoms with Crippen molar-refractivity contribution in [3.8, 4) is 0 Å². The number of hydrogen-bond acceptors (Lipinski definition) is 4. The van der Waals surface area contributed by atoms with E-state index in [1.165, 1.54) is 4.88 Å². The molecule has 0 radical (unpaired) electrons. The Morgan fingerprint density at radius 1 is 1.37 bits per heavy atom. The second-order valence-corrected chi connectivity index (χ2v) is 6.08. The van der Waals surface area contributed by atoms with Crippen LogP contribution in [0.15, 0.2) is 30.5 Å². The van der Waals surface area contributed by atoms with Crippen LogP contribution < -0.4 is 5.32 Å². The van der Waals surface area contributed by atoms with Gasteiger partial charge in [0.05, 0.1) is 4.34 Å². The van der Waals surface area contributed by atoms with Crippen molar-refractivity contribution in [2.24, 2.45) is 0 Å². The molecule has 0 amide bonds. The molecule has 6 heteroatoms. The fraction of sp³-hybridized carbons (Fsp3) is 0.231. The predicted molar refractivity (Wildman–Crippen MR) is 79.2 cm³/mol. The normalized spacial score (nSPS) is 11.1. The van der Waals surface area contributed by atoms with Crippen molar-refractivity contribution >= 4 is 34.5 Å². The number of aryl methyl sites for hydroxylation is 1. The van der Waals surface area contributed by atoms with Crippen molar-refractivity contribution in [3.05, 3.63) is 45.2 Å². The van der Waals surface area contributed by atoms with Crippen LogP contribution in [0.25, 0.3) is 5.65 Å². The van der Waals surface area contributed by atoms with Crippen LogP contribution in [0.5, 0.6) is 0 Å². The monoisotopic (exact) mass is 292 g/mol. The lowest BCUT2D eigenvalue weighted by molar-refractivity contribution is 0.938. The maximum absolute atomic E-state index is 5.90. The average molecular weight is 293 g/mol. The minimum Gasteiger partial charge on any atom is -0.353 e. The van der Waals surface area contributed by atoms with Crippen molar-refractivity contribution in [2.75, 3.05) is 11.9 Å². The Morgan fingerprint density at radius 2 is 2.26 bits per heavy atom. The van der Waals surface area contributed by atoms with Crippen molar-refractivity contribution in [3.63, 3.8) is 0 Å². The van der Waals surface area contributed by atoms with E-state index in [4.69, 9.17) is 11.6 Å². The number of aromatic nitrogens is 3. The van der Waals surface area contributed by atoms with E-state index < -0.39 is 0 Å². The highest BCUT2D eigenvalue weighted by molar-refractivity contribution is 7.16. The summed E-state index contributed by atoms with van der Waals surface area (Å²) in [6.45, 7) is 2.83. The van der Waals surface area contributed by atoms with Gasteiger partial charge in [-0.15, -0.1) is 16.4 Å². The largest absolute Gasteiger partial charge is 0.353 e. The quantitative estimate of drug-likeness (QED) is 0.801. The summed E-state index contributed by atoms with van der Waals surface area (Å²) in [5, 5.41) is 7.62. The van der Waals surface area contributed by atoms with Crippen LogP contribution in [0, 0.1) is 6.92 Å². The van der Waals surface area contributed by atoms with E-state index in [0.29, 0.717) is 5.95 Å². The van der Waals surface area contributed by atoms with Gasteiger partial charge in [-0.25, -0.2) is 4.52 Å². The predicted octanol–water partition coefficient (Wildman–Crippen LogP) is 3.41. The molecule has 0 saturated heterocycles. The van der Waals surface area contributed by atoms with E-state index in [1.54, 1.807) is 15.9 Å². The molecule has 0 atom stereocenters. The smallest absolute Gasteiger partial charge is 0.243 e. The standard InChI is InChI=1S/C13H13ClN4S/c1-9-3-2-8-18-12(9)16-13(17-18)15-7-6-10-4-5-11(14)19-10/h2-5,8H,6-7H2,1H3,(H,15,17). The minimum atomic E-state index is 0.664. The molecule has 0 aliphatic carbocycles. The van der Waals surface area contributed by atoms with Crippen LogP contribution in [0.1, 0.15) is 10.4 Å². The highest BCUT2D eigenvalue weighted by atomic mass is 35.5. The molecular weight excluding hydrogens is 280 g/mol. The van der Waals surface area contributed by atoms with E-state index in [2.05, 4.69) is 21.5 Å². The summed E-state index contributed by atoms with van der Waals surface area (Å²) in [6.07, 6.45) is 2.82. The van der Waals surface area contributed by atoms with Gasteiger partial charge in [0.25, 0.3) is 0 Å². The summed E-state index contributed by atoms with van der Waals surface area (Å²) in [4.78, 5) is 5.73. The summed E-state index contributed by atoms with van der Waals surface area (Å²) in [5.41, 5.74) is 2.01. The van der Waals surface area contributed by atoms with Crippen LogP contribution in [0.4, 0.5) is 5.95 Å². The van der Waals surface area contributed by atoms with Gasteiger partial charge in [0.1, 0.15) is 0 Å². The molecule has 3 rings (SSSR count). The maximum Gasteiger partial charge on any atom is 0.243 e. The Balaban J connectivity index is 1.67. The lowest BCUT2D eigenvalue weighted by Gasteiger charge is -1.98. The summed E-state index contributed by atoms with van der Waals surface area (Å²) < 4.78 is 2.62. The highest BCUT2D eigenvalue weighted by Gasteiger charge is 2.05. The van der Waals surface area contributed by atoms with Crippen molar-refractivity contribution in [2.45, 2.75) is 13.3 Å². The summed E-state index contributed by atoms with van der Waals surface area (Å²) >= 11 is 7.51. The molecule has 0 fully saturated rings. The van der Waals surface area contributed by atoms with Crippen LogP contribution >= 0.6 is 22.9 Å². The summed E-state index contributed by atoms with van der Waals surface area (Å²) in [5.74, 6) is 0.664. The third kappa shape index (κ3) is 2.72. The molecular formula is C13H13ClN4S. The number of nitrogens with one attached hydrogen (secondary N) is 1. The molecule has 0 spiro atoms. The van der Waals surface area contributed by atoms with Gasteiger partial charge in [-0.3, -0.25) is 0 Å². The first-order valence-electron chi connectivity index (χ1n) is 6.02. The molecule has 0 unspecified atom stereocenters. The molecule has 0 aliphatic rings. The van der Waals surface area contributed by atoms with Gasteiger partial charge in [0, 0.05) is 17.6 Å². The molecule has 0 aliphatic heterocycles. The van der Waals surface area contributed by atoms with E-state index in [9.17, 15) is 0 Å². The lowest BCUT2D eigenvalue weighted by atomic mass is 10.3. The van der Waals surface area contributed by atoms with Crippen molar-refractivity contribution in [1.82, 2.24) is 14.6 Å². The third-order valence-corrected chi connectivity index (χ3v) is 4.13. The Labute approximate surface area is 120 Å². The second kappa shape index (κ2) is 5.19. The molecule has 3 aromatic rings. The highest BCUT2D eigenvalue weighted by Crippen LogP contribution is 2.21. The zero-order chi connectivity index (χ0) is 13.2.